The number of hydrogen-bond donors (Lipinski definition) is 2. The lowest BCUT2D eigenvalue weighted by Crippen LogP contribution is -2.40. The average molecular weight is 146 g/mol. The van der Waals surface area contributed by atoms with Crippen LogP contribution in [-0.2, 0) is 11.3 Å². The van der Waals surface area contributed by atoms with Crippen LogP contribution in [0.25, 0.3) is 0 Å². The van der Waals surface area contributed by atoms with Gasteiger partial charge in [-0.2, -0.15) is 0 Å². The predicted octanol–water partition coefficient (Wildman–Crippen LogP) is -0.960. The van der Waals surface area contributed by atoms with Gasteiger partial charge in [0.1, 0.15) is 11.3 Å². The second-order valence-electron chi connectivity index (χ2n) is 2.19. The summed E-state index contributed by atoms with van der Waals surface area (Å²) in [6.45, 7) is 0.853. The molecule has 3 nitrogen and oxygen atoms in total. The molecule has 0 amide bonds. The zero-order chi connectivity index (χ0) is 6.69. The summed E-state index contributed by atoms with van der Waals surface area (Å²) in [4.78, 5) is 0.786. The number of piperidine rings is 1. The molecule has 0 aliphatic carbocycles. The van der Waals surface area contributed by atoms with E-state index in [0.29, 0.717) is 11.3 Å². The van der Waals surface area contributed by atoms with Crippen LogP contribution in [0.2, 0.25) is 0 Å². The fourth-order valence-electron chi connectivity index (χ4n) is 0.873. The molecule has 0 spiro atoms. The van der Waals surface area contributed by atoms with Crippen LogP contribution in [0.1, 0.15) is 12.8 Å². The molecule has 52 valence electrons. The molecule has 3 N–H and O–H groups in total. The Morgan fingerprint density at radius 2 is 2.56 bits per heavy atom. The van der Waals surface area contributed by atoms with E-state index in [0.717, 1.165) is 24.4 Å². The minimum Gasteiger partial charge on any atom is -0.327 e. The highest BCUT2D eigenvalue weighted by molar-refractivity contribution is 7.66. The minimum absolute atomic E-state index is 0.197. The zero-order valence-electron chi connectivity index (χ0n) is 5.09. The molecular formula is C5H10N2OS. The second-order valence-corrected chi connectivity index (χ2v) is 2.85. The molecule has 0 aromatic rings. The van der Waals surface area contributed by atoms with Crippen LogP contribution in [0.15, 0.2) is 0 Å². The summed E-state index contributed by atoms with van der Waals surface area (Å²) in [6, 6.07) is 0.197. The van der Waals surface area contributed by atoms with Crippen LogP contribution < -0.4 is 11.1 Å². The van der Waals surface area contributed by atoms with E-state index in [2.05, 4.69) is 5.32 Å². The summed E-state index contributed by atoms with van der Waals surface area (Å²) in [5.74, 6) is 0. The third-order valence-electron chi connectivity index (χ3n) is 1.39. The van der Waals surface area contributed by atoms with Gasteiger partial charge in [0.2, 0.25) is 0 Å². The molecule has 0 saturated carbocycles. The van der Waals surface area contributed by atoms with E-state index < -0.39 is 0 Å². The Labute approximate surface area is 57.7 Å². The minimum atomic E-state index is 0.197. The Bertz CT molecular complexity index is 153. The third-order valence-corrected chi connectivity index (χ3v) is 1.90. The molecule has 9 heavy (non-hydrogen) atoms. The van der Waals surface area contributed by atoms with Gasteiger partial charge in [0.25, 0.3) is 0 Å². The average Bonchev–Trinajstić information content (AvgIpc) is 1.88. The molecular weight excluding hydrogens is 136 g/mol. The summed E-state index contributed by atoms with van der Waals surface area (Å²) < 4.78 is 10.2. The van der Waals surface area contributed by atoms with Crippen molar-refractivity contribution in [3.05, 3.63) is 0 Å². The first-order valence-corrected chi connectivity index (χ1v) is 3.72. The van der Waals surface area contributed by atoms with Crippen molar-refractivity contribution in [2.45, 2.75) is 18.9 Å². The van der Waals surface area contributed by atoms with E-state index in [1.54, 1.807) is 0 Å². The summed E-state index contributed by atoms with van der Waals surface area (Å²) in [7, 11) is 0. The molecule has 1 unspecified atom stereocenters. The molecule has 1 aliphatic rings. The van der Waals surface area contributed by atoms with Crippen molar-refractivity contribution in [2.75, 3.05) is 6.54 Å². The first-order chi connectivity index (χ1) is 4.33. The van der Waals surface area contributed by atoms with E-state index in [-0.39, 0.29) is 6.04 Å². The Hall–Kier alpha value is -0.190. The highest BCUT2D eigenvalue weighted by atomic mass is 32.1. The lowest BCUT2D eigenvalue weighted by molar-refractivity contribution is 0.581. The largest absolute Gasteiger partial charge is 0.327 e. The summed E-state index contributed by atoms with van der Waals surface area (Å²) in [5, 5.41) is 2.99. The molecule has 1 atom stereocenters. The van der Waals surface area contributed by atoms with Gasteiger partial charge in [0.05, 0.1) is 4.99 Å². The smallest absolute Gasteiger partial charge is 0.104 e. The number of rotatable bonds is 0. The van der Waals surface area contributed by atoms with E-state index in [1.807, 2.05) is 0 Å². The first-order valence-electron chi connectivity index (χ1n) is 2.98. The van der Waals surface area contributed by atoms with Gasteiger partial charge >= 0.3 is 0 Å². The highest BCUT2D eigenvalue weighted by Crippen LogP contribution is 1.98. The molecule has 1 heterocycles. The van der Waals surface area contributed by atoms with Crippen molar-refractivity contribution in [1.29, 1.82) is 0 Å². The van der Waals surface area contributed by atoms with Crippen molar-refractivity contribution in [3.8, 4) is 0 Å². The SMILES string of the molecule is NC1CCNC(=S=O)C1. The highest BCUT2D eigenvalue weighted by Gasteiger charge is 2.12. The topological polar surface area (TPSA) is 55.1 Å². The van der Waals surface area contributed by atoms with Crippen LogP contribution in [0.4, 0.5) is 0 Å². The number of hydrogen-bond acceptors (Lipinski definition) is 2. The van der Waals surface area contributed by atoms with Crippen molar-refractivity contribution in [1.82, 2.24) is 5.32 Å². The van der Waals surface area contributed by atoms with Gasteiger partial charge in [-0.15, -0.1) is 0 Å². The molecule has 1 saturated heterocycles. The molecule has 1 fully saturated rings. The fourth-order valence-corrected chi connectivity index (χ4v) is 1.32. The maximum Gasteiger partial charge on any atom is 0.104 e. The van der Waals surface area contributed by atoms with Crippen LogP contribution >= 0.6 is 0 Å². The lowest BCUT2D eigenvalue weighted by Gasteiger charge is -2.18. The van der Waals surface area contributed by atoms with E-state index in [9.17, 15) is 4.21 Å². The van der Waals surface area contributed by atoms with Gasteiger partial charge in [-0.25, -0.2) is 4.21 Å². The molecule has 0 radical (unpaired) electrons. The van der Waals surface area contributed by atoms with Gasteiger partial charge in [-0.3, -0.25) is 5.32 Å². The van der Waals surface area contributed by atoms with Crippen molar-refractivity contribution < 1.29 is 4.21 Å². The summed E-state index contributed by atoms with van der Waals surface area (Å²) >= 11 is 0.525. The van der Waals surface area contributed by atoms with Crippen LogP contribution in [0.5, 0.6) is 0 Å². The molecule has 4 heteroatoms. The maximum absolute atomic E-state index is 10.2. The number of nitrogens with one attached hydrogen (secondary N) is 1. The third kappa shape index (κ3) is 1.89. The predicted molar refractivity (Wildman–Crippen MR) is 38.4 cm³/mol. The van der Waals surface area contributed by atoms with Gasteiger partial charge in [-0.1, -0.05) is 0 Å². The van der Waals surface area contributed by atoms with Gasteiger partial charge in [0.15, 0.2) is 0 Å². The molecule has 0 aromatic heterocycles. The molecule has 0 aromatic carbocycles. The van der Waals surface area contributed by atoms with Gasteiger partial charge in [-0.05, 0) is 6.42 Å². The number of nitrogens with two attached hydrogens (primary N) is 1. The molecule has 1 rings (SSSR count). The Morgan fingerprint density at radius 3 is 3.00 bits per heavy atom. The summed E-state index contributed by atoms with van der Waals surface area (Å²) in [6.07, 6.45) is 1.71. The van der Waals surface area contributed by atoms with Crippen molar-refractivity contribution in [2.24, 2.45) is 5.73 Å². The first kappa shape index (κ1) is 6.92. The Balaban J connectivity index is 2.51. The molecule has 1 aliphatic heterocycles. The van der Waals surface area contributed by atoms with Crippen molar-refractivity contribution in [3.63, 3.8) is 0 Å². The van der Waals surface area contributed by atoms with Gasteiger partial charge in [0, 0.05) is 19.0 Å². The van der Waals surface area contributed by atoms with E-state index >= 15 is 0 Å². The van der Waals surface area contributed by atoms with E-state index in [4.69, 9.17) is 5.73 Å². The normalized spacial score (nSPS) is 28.1. The van der Waals surface area contributed by atoms with Crippen LogP contribution in [0, 0.1) is 0 Å². The quantitative estimate of drug-likeness (QED) is 0.433. The van der Waals surface area contributed by atoms with Crippen LogP contribution in [-0.4, -0.2) is 21.8 Å². The van der Waals surface area contributed by atoms with Crippen molar-refractivity contribution >= 4 is 16.2 Å². The Kier molecular flexibility index (Phi) is 2.38. The maximum atomic E-state index is 10.2. The zero-order valence-corrected chi connectivity index (χ0v) is 5.91. The molecule has 0 bridgehead atoms. The lowest BCUT2D eigenvalue weighted by atomic mass is 10.1. The van der Waals surface area contributed by atoms with Crippen LogP contribution in [0.3, 0.4) is 0 Å². The second kappa shape index (κ2) is 3.10. The van der Waals surface area contributed by atoms with E-state index in [1.165, 1.54) is 0 Å². The summed E-state index contributed by atoms with van der Waals surface area (Å²) in [5.41, 5.74) is 5.59. The van der Waals surface area contributed by atoms with Gasteiger partial charge < -0.3 is 5.73 Å². The fraction of sp³-hybridized carbons (Fsp3) is 0.800. The monoisotopic (exact) mass is 146 g/mol. The Morgan fingerprint density at radius 1 is 1.78 bits per heavy atom. The standard InChI is InChI=1S/C5H10N2OS/c6-4-1-2-7-5(3-4)9-8/h4,7H,1-3,6H2.